The first-order valence-corrected chi connectivity index (χ1v) is 6.96. The SMILES string of the molecule is CCCCNc1ccccc1-c1ccccc1C(N)=O. The van der Waals surface area contributed by atoms with E-state index in [9.17, 15) is 4.79 Å². The molecule has 2 aromatic carbocycles. The summed E-state index contributed by atoms with van der Waals surface area (Å²) < 4.78 is 0. The Bertz CT molecular complexity index is 593. The molecule has 0 aliphatic rings. The van der Waals surface area contributed by atoms with Gasteiger partial charge in [-0.15, -0.1) is 0 Å². The number of nitrogens with one attached hydrogen (secondary N) is 1. The highest BCUT2D eigenvalue weighted by Crippen LogP contribution is 2.30. The van der Waals surface area contributed by atoms with Crippen LogP contribution in [0.1, 0.15) is 30.1 Å². The fraction of sp³-hybridized carbons (Fsp3) is 0.235. The Kier molecular flexibility index (Phi) is 4.77. The van der Waals surface area contributed by atoms with Gasteiger partial charge in [-0.3, -0.25) is 4.79 Å². The number of para-hydroxylation sites is 1. The van der Waals surface area contributed by atoms with Crippen LogP contribution in [0, 0.1) is 0 Å². The second kappa shape index (κ2) is 6.75. The Balaban J connectivity index is 2.40. The Morgan fingerprint density at radius 1 is 1.05 bits per heavy atom. The lowest BCUT2D eigenvalue weighted by molar-refractivity contribution is 0.100. The molecule has 0 aliphatic carbocycles. The summed E-state index contributed by atoms with van der Waals surface area (Å²) >= 11 is 0. The van der Waals surface area contributed by atoms with Gasteiger partial charge < -0.3 is 11.1 Å². The largest absolute Gasteiger partial charge is 0.385 e. The van der Waals surface area contributed by atoms with Crippen LogP contribution < -0.4 is 11.1 Å². The van der Waals surface area contributed by atoms with Crippen molar-refractivity contribution in [2.24, 2.45) is 5.73 Å². The number of carbonyl (C=O) groups excluding carboxylic acids is 1. The van der Waals surface area contributed by atoms with E-state index in [2.05, 4.69) is 12.2 Å². The number of carbonyl (C=O) groups is 1. The van der Waals surface area contributed by atoms with E-state index in [1.165, 1.54) is 0 Å². The summed E-state index contributed by atoms with van der Waals surface area (Å²) in [6.45, 7) is 3.09. The van der Waals surface area contributed by atoms with E-state index >= 15 is 0 Å². The molecule has 0 radical (unpaired) electrons. The lowest BCUT2D eigenvalue weighted by Gasteiger charge is -2.14. The van der Waals surface area contributed by atoms with E-state index in [-0.39, 0.29) is 0 Å². The van der Waals surface area contributed by atoms with Crippen molar-refractivity contribution >= 4 is 11.6 Å². The fourth-order valence-electron chi connectivity index (χ4n) is 2.20. The topological polar surface area (TPSA) is 55.1 Å². The number of hydrogen-bond donors (Lipinski definition) is 2. The van der Waals surface area contributed by atoms with Crippen LogP contribution in [0.4, 0.5) is 5.69 Å². The smallest absolute Gasteiger partial charge is 0.249 e. The summed E-state index contributed by atoms with van der Waals surface area (Å²) in [5.74, 6) is -0.399. The maximum Gasteiger partial charge on any atom is 0.249 e. The molecule has 1 amide bonds. The van der Waals surface area contributed by atoms with Crippen molar-refractivity contribution in [3.05, 3.63) is 54.1 Å². The molecule has 0 saturated carbocycles. The van der Waals surface area contributed by atoms with Crippen LogP contribution in [0.25, 0.3) is 11.1 Å². The highest BCUT2D eigenvalue weighted by Gasteiger charge is 2.11. The average molecular weight is 268 g/mol. The number of amides is 1. The molecule has 3 N–H and O–H groups in total. The highest BCUT2D eigenvalue weighted by molar-refractivity contribution is 6.01. The van der Waals surface area contributed by atoms with Gasteiger partial charge in [-0.2, -0.15) is 0 Å². The Hall–Kier alpha value is -2.29. The first-order valence-electron chi connectivity index (χ1n) is 6.96. The van der Waals surface area contributed by atoms with Gasteiger partial charge in [-0.05, 0) is 24.1 Å². The minimum atomic E-state index is -0.399. The summed E-state index contributed by atoms with van der Waals surface area (Å²) in [4.78, 5) is 11.6. The molecule has 20 heavy (non-hydrogen) atoms. The van der Waals surface area contributed by atoms with Crippen molar-refractivity contribution in [1.29, 1.82) is 0 Å². The number of unbranched alkanes of at least 4 members (excludes halogenated alkanes) is 1. The van der Waals surface area contributed by atoms with E-state index in [0.29, 0.717) is 5.56 Å². The van der Waals surface area contributed by atoms with Gasteiger partial charge in [0, 0.05) is 23.4 Å². The van der Waals surface area contributed by atoms with Crippen LogP contribution in [0.2, 0.25) is 0 Å². The van der Waals surface area contributed by atoms with E-state index in [4.69, 9.17) is 5.73 Å². The standard InChI is InChI=1S/C17H20N2O/c1-2-3-12-19-16-11-7-6-9-14(16)13-8-4-5-10-15(13)17(18)20/h4-11,19H,2-3,12H2,1H3,(H2,18,20). The zero-order chi connectivity index (χ0) is 14.4. The molecule has 0 heterocycles. The zero-order valence-corrected chi connectivity index (χ0v) is 11.7. The summed E-state index contributed by atoms with van der Waals surface area (Å²) in [7, 11) is 0. The molecular formula is C17H20N2O. The molecule has 0 fully saturated rings. The minimum absolute atomic E-state index is 0.399. The third kappa shape index (κ3) is 3.18. The normalized spacial score (nSPS) is 10.2. The lowest BCUT2D eigenvalue weighted by atomic mass is 9.97. The van der Waals surface area contributed by atoms with Gasteiger partial charge in [0.05, 0.1) is 0 Å². The molecule has 0 bridgehead atoms. The average Bonchev–Trinajstić information content (AvgIpc) is 2.48. The molecule has 2 aromatic rings. The summed E-state index contributed by atoms with van der Waals surface area (Å²) in [5.41, 5.74) is 8.94. The van der Waals surface area contributed by atoms with Crippen molar-refractivity contribution in [3.63, 3.8) is 0 Å². The second-order valence-corrected chi connectivity index (χ2v) is 4.74. The van der Waals surface area contributed by atoms with Gasteiger partial charge in [0.25, 0.3) is 0 Å². The highest BCUT2D eigenvalue weighted by atomic mass is 16.1. The third-order valence-corrected chi connectivity index (χ3v) is 3.26. The monoisotopic (exact) mass is 268 g/mol. The fourth-order valence-corrected chi connectivity index (χ4v) is 2.20. The Morgan fingerprint density at radius 3 is 2.40 bits per heavy atom. The molecule has 3 heteroatoms. The van der Waals surface area contributed by atoms with Crippen LogP contribution in [0.3, 0.4) is 0 Å². The van der Waals surface area contributed by atoms with Crippen LogP contribution in [-0.4, -0.2) is 12.5 Å². The van der Waals surface area contributed by atoms with E-state index in [1.807, 2.05) is 42.5 Å². The van der Waals surface area contributed by atoms with Gasteiger partial charge in [0.2, 0.25) is 5.91 Å². The van der Waals surface area contributed by atoms with E-state index in [0.717, 1.165) is 36.2 Å². The van der Waals surface area contributed by atoms with Crippen molar-refractivity contribution in [2.75, 3.05) is 11.9 Å². The van der Waals surface area contributed by atoms with Crippen molar-refractivity contribution < 1.29 is 4.79 Å². The number of primary amides is 1. The van der Waals surface area contributed by atoms with Gasteiger partial charge >= 0.3 is 0 Å². The van der Waals surface area contributed by atoms with Crippen molar-refractivity contribution in [2.45, 2.75) is 19.8 Å². The summed E-state index contributed by atoms with van der Waals surface area (Å²) in [6.07, 6.45) is 2.26. The van der Waals surface area contributed by atoms with Gasteiger partial charge in [0.1, 0.15) is 0 Å². The lowest BCUT2D eigenvalue weighted by Crippen LogP contribution is -2.12. The Labute approximate surface area is 119 Å². The molecular weight excluding hydrogens is 248 g/mol. The van der Waals surface area contributed by atoms with Crippen molar-refractivity contribution in [3.8, 4) is 11.1 Å². The third-order valence-electron chi connectivity index (χ3n) is 3.26. The second-order valence-electron chi connectivity index (χ2n) is 4.74. The molecule has 0 saturated heterocycles. The molecule has 0 unspecified atom stereocenters. The minimum Gasteiger partial charge on any atom is -0.385 e. The number of benzene rings is 2. The van der Waals surface area contributed by atoms with E-state index in [1.54, 1.807) is 6.07 Å². The quantitative estimate of drug-likeness (QED) is 0.785. The predicted molar refractivity (Wildman–Crippen MR) is 83.8 cm³/mol. The van der Waals surface area contributed by atoms with Gasteiger partial charge in [-0.1, -0.05) is 49.7 Å². The van der Waals surface area contributed by atoms with Crippen LogP contribution >= 0.6 is 0 Å². The van der Waals surface area contributed by atoms with Crippen LogP contribution in [-0.2, 0) is 0 Å². The van der Waals surface area contributed by atoms with Crippen molar-refractivity contribution in [1.82, 2.24) is 0 Å². The van der Waals surface area contributed by atoms with Gasteiger partial charge in [0.15, 0.2) is 0 Å². The molecule has 0 aliphatic heterocycles. The first kappa shape index (κ1) is 14.1. The molecule has 2 rings (SSSR count). The van der Waals surface area contributed by atoms with E-state index < -0.39 is 5.91 Å². The molecule has 104 valence electrons. The number of rotatable bonds is 6. The molecule has 0 aromatic heterocycles. The maximum absolute atomic E-state index is 11.6. The molecule has 0 spiro atoms. The Morgan fingerprint density at radius 2 is 1.70 bits per heavy atom. The van der Waals surface area contributed by atoms with Gasteiger partial charge in [-0.25, -0.2) is 0 Å². The first-order chi connectivity index (χ1) is 9.74. The summed E-state index contributed by atoms with van der Waals surface area (Å²) in [6, 6.07) is 15.4. The maximum atomic E-state index is 11.6. The van der Waals surface area contributed by atoms with Crippen LogP contribution in [0.15, 0.2) is 48.5 Å². The predicted octanol–water partition coefficient (Wildman–Crippen LogP) is 3.66. The number of hydrogen-bond acceptors (Lipinski definition) is 2. The van der Waals surface area contributed by atoms with Crippen LogP contribution in [0.5, 0.6) is 0 Å². The molecule has 0 atom stereocenters. The molecule has 3 nitrogen and oxygen atoms in total. The summed E-state index contributed by atoms with van der Waals surface area (Å²) in [5, 5.41) is 3.43. The number of nitrogens with two attached hydrogens (primary N) is 1. The zero-order valence-electron chi connectivity index (χ0n) is 11.7. The number of anilines is 1.